The van der Waals surface area contributed by atoms with Crippen molar-refractivity contribution < 1.29 is 61.4 Å². The van der Waals surface area contributed by atoms with Crippen molar-refractivity contribution in [3.05, 3.63) is 12.7 Å². The number of hydrogen-bond acceptors (Lipinski definition) is 13. The molecule has 2 heterocycles. The fraction of sp³-hybridized carbons (Fsp3) is 0.545. The molecule has 18 nitrogen and oxygen atoms in total. The van der Waals surface area contributed by atoms with Gasteiger partial charge in [-0.3, -0.25) is 9.09 Å². The summed E-state index contributed by atoms with van der Waals surface area (Å²) in [6.07, 6.45) is -1.73. The maximum Gasteiger partial charge on any atom is 0.490 e. The molecule has 5 atom stereocenters. The van der Waals surface area contributed by atoms with Gasteiger partial charge < -0.3 is 40.3 Å². The third-order valence-electron chi connectivity index (χ3n) is 3.54. The van der Waals surface area contributed by atoms with Gasteiger partial charge in [0.05, 0.1) is 25.6 Å². The summed E-state index contributed by atoms with van der Waals surface area (Å²) in [4.78, 5) is 47.4. The molecule has 0 saturated carbocycles. The van der Waals surface area contributed by atoms with Crippen LogP contribution in [0.15, 0.2) is 12.7 Å². The third-order valence-corrected chi connectivity index (χ3v) is 7.34. The summed E-state index contributed by atoms with van der Waals surface area (Å²) < 4.78 is 52.2. The molecule has 0 aliphatic heterocycles. The average molecular weight is 523 g/mol. The number of phosphoric acid groups is 3. The molecule has 0 aromatic carbocycles. The van der Waals surface area contributed by atoms with E-state index in [1.165, 1.54) is 17.8 Å². The predicted molar refractivity (Wildman–Crippen MR) is 102 cm³/mol. The van der Waals surface area contributed by atoms with Crippen LogP contribution in [0.4, 0.5) is 5.82 Å². The highest BCUT2D eigenvalue weighted by molar-refractivity contribution is 7.66. The number of phosphoric ester groups is 1. The van der Waals surface area contributed by atoms with Crippen LogP contribution in [0.2, 0.25) is 0 Å². The fourth-order valence-corrected chi connectivity index (χ4v) is 5.27. The minimum atomic E-state index is -5.71. The Balaban J connectivity index is 2.12. The number of aromatic nitrogens is 4. The average Bonchev–Trinajstić information content (AvgIpc) is 3.04. The molecule has 0 saturated heterocycles. The molecule has 8 N–H and O–H groups in total. The first-order valence-electron chi connectivity index (χ1n) is 8.30. The summed E-state index contributed by atoms with van der Waals surface area (Å²) in [6, 6.07) is 0. The molecule has 2 rings (SSSR count). The van der Waals surface area contributed by atoms with E-state index in [0.29, 0.717) is 0 Å². The number of fused-ring (bicyclic) bond motifs is 1. The van der Waals surface area contributed by atoms with Gasteiger partial charge in [-0.2, -0.15) is 8.62 Å². The second kappa shape index (κ2) is 10.3. The van der Waals surface area contributed by atoms with Gasteiger partial charge in [-0.25, -0.2) is 28.6 Å². The van der Waals surface area contributed by atoms with Crippen molar-refractivity contribution in [3.8, 4) is 0 Å². The Morgan fingerprint density at radius 2 is 1.75 bits per heavy atom. The zero-order valence-electron chi connectivity index (χ0n) is 16.0. The molecule has 182 valence electrons. The minimum absolute atomic E-state index is 0.0465. The number of nitrogen functional groups attached to an aromatic ring is 1. The van der Waals surface area contributed by atoms with Crippen molar-refractivity contribution in [3.63, 3.8) is 0 Å². The van der Waals surface area contributed by atoms with Gasteiger partial charge >= 0.3 is 23.5 Å². The highest BCUT2D eigenvalue weighted by Gasteiger charge is 2.41. The van der Waals surface area contributed by atoms with Crippen LogP contribution in [0.1, 0.15) is 13.2 Å². The predicted octanol–water partition coefficient (Wildman–Crippen LogP) is -0.991. The number of imidazole rings is 1. The molecule has 2 aromatic heterocycles. The van der Waals surface area contributed by atoms with Crippen molar-refractivity contribution in [1.82, 2.24) is 19.5 Å². The van der Waals surface area contributed by atoms with E-state index in [9.17, 15) is 28.8 Å². The summed E-state index contributed by atoms with van der Waals surface area (Å²) in [7, 11) is -16.7. The standard InChI is InChI=1S/C11H20N5O13P3/c1-6(18)7(3-26-31(22,23)29-32(24,25)28-30(19,20)21)27-8(2-17)16-5-15-9-10(12)13-4-14-11(9)16/h4-8,17-18H,2-3H2,1H3,(H,22,23)(H,24,25)(H2,12,13,14)(H2,19,20,21)/t6-,7+,8+/m0/s1. The monoisotopic (exact) mass is 523 g/mol. The molecule has 0 radical (unpaired) electrons. The van der Waals surface area contributed by atoms with E-state index in [4.69, 9.17) is 25.2 Å². The van der Waals surface area contributed by atoms with Gasteiger partial charge in [0.15, 0.2) is 17.7 Å². The molecule has 21 heteroatoms. The summed E-state index contributed by atoms with van der Waals surface area (Å²) in [5.41, 5.74) is 6.03. The maximum absolute atomic E-state index is 11.9. The summed E-state index contributed by atoms with van der Waals surface area (Å²) in [6.45, 7) is -0.429. The Morgan fingerprint density at radius 3 is 2.31 bits per heavy atom. The van der Waals surface area contributed by atoms with Crippen molar-refractivity contribution >= 4 is 40.4 Å². The van der Waals surface area contributed by atoms with Crippen molar-refractivity contribution in [2.45, 2.75) is 25.4 Å². The van der Waals surface area contributed by atoms with Gasteiger partial charge in [-0.1, -0.05) is 0 Å². The smallest absolute Gasteiger partial charge is 0.392 e. The van der Waals surface area contributed by atoms with Crippen LogP contribution in [-0.2, 0) is 31.6 Å². The Kier molecular flexibility index (Phi) is 8.63. The Hall–Kier alpha value is -1.36. The highest BCUT2D eigenvalue weighted by atomic mass is 31.3. The lowest BCUT2D eigenvalue weighted by Gasteiger charge is -2.27. The molecular formula is C11H20N5O13P3. The second-order valence-electron chi connectivity index (χ2n) is 6.02. The first kappa shape index (κ1) is 26.9. The number of aliphatic hydroxyl groups is 2. The molecule has 32 heavy (non-hydrogen) atoms. The van der Waals surface area contributed by atoms with E-state index in [2.05, 4.69) is 28.1 Å². The quantitative estimate of drug-likeness (QED) is 0.164. The van der Waals surface area contributed by atoms with Crippen molar-refractivity contribution in [2.75, 3.05) is 18.9 Å². The van der Waals surface area contributed by atoms with Crippen LogP contribution < -0.4 is 5.73 Å². The van der Waals surface area contributed by atoms with Crippen LogP contribution in [0, 0.1) is 0 Å². The summed E-state index contributed by atoms with van der Waals surface area (Å²) in [5, 5.41) is 19.6. The minimum Gasteiger partial charge on any atom is -0.392 e. The lowest BCUT2D eigenvalue weighted by molar-refractivity contribution is -0.130. The second-order valence-corrected chi connectivity index (χ2v) is 10.4. The maximum atomic E-state index is 11.9. The number of aliphatic hydroxyl groups excluding tert-OH is 2. The van der Waals surface area contributed by atoms with Crippen molar-refractivity contribution in [1.29, 1.82) is 0 Å². The zero-order valence-corrected chi connectivity index (χ0v) is 18.7. The number of nitrogens with zero attached hydrogens (tertiary/aromatic N) is 4. The van der Waals surface area contributed by atoms with E-state index >= 15 is 0 Å². The van der Waals surface area contributed by atoms with Gasteiger partial charge in [0.25, 0.3) is 0 Å². The molecule has 2 aromatic rings. The summed E-state index contributed by atoms with van der Waals surface area (Å²) >= 11 is 0. The van der Waals surface area contributed by atoms with E-state index < -0.39 is 55.1 Å². The number of rotatable bonds is 12. The zero-order chi connectivity index (χ0) is 24.3. The lowest BCUT2D eigenvalue weighted by Crippen LogP contribution is -2.35. The third kappa shape index (κ3) is 7.60. The Bertz CT molecular complexity index is 1070. The van der Waals surface area contributed by atoms with Crippen LogP contribution in [0.5, 0.6) is 0 Å². The van der Waals surface area contributed by atoms with E-state index in [1.54, 1.807) is 0 Å². The normalized spacial score (nSPS) is 19.2. The number of ether oxygens (including phenoxy) is 1. The van der Waals surface area contributed by atoms with Gasteiger partial charge in [0.2, 0.25) is 0 Å². The molecule has 0 aliphatic carbocycles. The molecule has 0 bridgehead atoms. The first-order valence-corrected chi connectivity index (χ1v) is 12.8. The van der Waals surface area contributed by atoms with Crippen LogP contribution in [0.25, 0.3) is 11.2 Å². The van der Waals surface area contributed by atoms with Crippen LogP contribution >= 0.6 is 23.5 Å². The molecule has 0 amide bonds. The number of nitrogens with two attached hydrogens (primary N) is 1. The first-order chi connectivity index (χ1) is 14.6. The van der Waals surface area contributed by atoms with Gasteiger partial charge in [0.1, 0.15) is 17.9 Å². The Labute approximate surface area is 179 Å². The molecular weight excluding hydrogens is 503 g/mol. The lowest BCUT2D eigenvalue weighted by atomic mass is 10.2. The van der Waals surface area contributed by atoms with E-state index in [1.807, 2.05) is 0 Å². The van der Waals surface area contributed by atoms with E-state index in [0.717, 1.165) is 6.33 Å². The van der Waals surface area contributed by atoms with Crippen LogP contribution in [0.3, 0.4) is 0 Å². The molecule has 0 spiro atoms. The summed E-state index contributed by atoms with van der Waals surface area (Å²) in [5.74, 6) is 0.0465. The van der Waals surface area contributed by atoms with Crippen LogP contribution in [-0.4, -0.2) is 74.7 Å². The highest BCUT2D eigenvalue weighted by Crippen LogP contribution is 2.66. The fourth-order valence-electron chi connectivity index (χ4n) is 2.24. The van der Waals surface area contributed by atoms with E-state index in [-0.39, 0.29) is 17.0 Å². The SMILES string of the molecule is C[C@H](O)[C@@H](COP(=O)(O)OP(=O)(O)OP(=O)(O)O)O[C@H](CO)n1cnc2c(N)ncnc21. The van der Waals surface area contributed by atoms with Gasteiger partial charge in [-0.15, -0.1) is 0 Å². The van der Waals surface area contributed by atoms with Gasteiger partial charge in [-0.05, 0) is 6.92 Å². The topological polar surface area (TPSA) is 279 Å². The number of hydrogen-bond donors (Lipinski definition) is 7. The number of anilines is 1. The molecule has 2 unspecified atom stereocenters. The van der Waals surface area contributed by atoms with Gasteiger partial charge in [0, 0.05) is 0 Å². The molecule has 0 fully saturated rings. The Morgan fingerprint density at radius 1 is 1.09 bits per heavy atom. The molecule has 0 aliphatic rings. The van der Waals surface area contributed by atoms with Crippen molar-refractivity contribution in [2.24, 2.45) is 0 Å². The largest absolute Gasteiger partial charge is 0.490 e.